The lowest BCUT2D eigenvalue weighted by Crippen LogP contribution is -2.51. The van der Waals surface area contributed by atoms with E-state index in [4.69, 9.17) is 4.74 Å². The van der Waals surface area contributed by atoms with Crippen molar-refractivity contribution in [3.05, 3.63) is 99.5 Å². The highest BCUT2D eigenvalue weighted by atomic mass is 79.9. The molecule has 190 valence electrons. The summed E-state index contributed by atoms with van der Waals surface area (Å²) in [5, 5.41) is 3.04. The Morgan fingerprint density at radius 2 is 1.72 bits per heavy atom. The summed E-state index contributed by atoms with van der Waals surface area (Å²) in [4.78, 5) is 28.8. The molecular formula is C30H35BrN2O3. The monoisotopic (exact) mass is 550 g/mol. The summed E-state index contributed by atoms with van der Waals surface area (Å²) in [5.74, 6) is 0.294. The number of nitrogens with one attached hydrogen (secondary N) is 1. The molecule has 0 aromatic heterocycles. The van der Waals surface area contributed by atoms with Crippen LogP contribution in [0.5, 0.6) is 5.75 Å². The van der Waals surface area contributed by atoms with Crippen molar-refractivity contribution < 1.29 is 14.3 Å². The van der Waals surface area contributed by atoms with Gasteiger partial charge < -0.3 is 15.0 Å². The zero-order chi connectivity index (χ0) is 25.9. The number of aryl methyl sites for hydroxylation is 2. The van der Waals surface area contributed by atoms with Crippen LogP contribution in [-0.4, -0.2) is 35.9 Å². The molecule has 2 amide bonds. The molecule has 6 heteroatoms. The van der Waals surface area contributed by atoms with Crippen LogP contribution in [0, 0.1) is 13.8 Å². The van der Waals surface area contributed by atoms with Gasteiger partial charge in [-0.05, 0) is 60.7 Å². The minimum atomic E-state index is -0.669. The van der Waals surface area contributed by atoms with Gasteiger partial charge in [-0.2, -0.15) is 0 Å². The Kier molecular flexibility index (Phi) is 10.6. The van der Waals surface area contributed by atoms with Gasteiger partial charge in [0.25, 0.3) is 5.91 Å². The highest BCUT2D eigenvalue weighted by molar-refractivity contribution is 9.10. The highest BCUT2D eigenvalue weighted by Crippen LogP contribution is 2.21. The van der Waals surface area contributed by atoms with Gasteiger partial charge in [-0.25, -0.2) is 0 Å². The van der Waals surface area contributed by atoms with E-state index in [0.717, 1.165) is 39.6 Å². The van der Waals surface area contributed by atoms with E-state index in [-0.39, 0.29) is 18.4 Å². The summed E-state index contributed by atoms with van der Waals surface area (Å²) >= 11 is 3.52. The number of hydrogen-bond acceptors (Lipinski definition) is 3. The number of rotatable bonds is 12. The molecule has 0 radical (unpaired) electrons. The molecular weight excluding hydrogens is 516 g/mol. The van der Waals surface area contributed by atoms with Crippen molar-refractivity contribution in [2.45, 2.75) is 52.6 Å². The van der Waals surface area contributed by atoms with E-state index < -0.39 is 6.04 Å². The molecule has 0 saturated heterocycles. The molecule has 0 aliphatic carbocycles. The third-order valence-electron chi connectivity index (χ3n) is 6.04. The molecule has 0 aliphatic heterocycles. The lowest BCUT2D eigenvalue weighted by Gasteiger charge is -2.31. The zero-order valence-electron chi connectivity index (χ0n) is 21.3. The van der Waals surface area contributed by atoms with Crippen molar-refractivity contribution in [2.24, 2.45) is 0 Å². The van der Waals surface area contributed by atoms with E-state index in [1.807, 2.05) is 86.6 Å². The number of carbonyl (C=O) groups excluding carboxylic acids is 2. The number of halogens is 1. The molecule has 0 fully saturated rings. The predicted octanol–water partition coefficient (Wildman–Crippen LogP) is 6.00. The third kappa shape index (κ3) is 8.23. The number of carbonyl (C=O) groups is 2. The SMILES string of the molecule is CCCCNC(=O)[C@@H](Cc1ccccc1)N(Cc1cccc(Br)c1)C(=O)COc1cc(C)ccc1C. The standard InChI is InChI=1S/C30H35BrN2O3/c1-4-5-16-32-30(35)27(19-24-10-7-6-8-11-24)33(20-25-12-9-13-26(31)18-25)29(34)21-36-28-17-22(2)14-15-23(28)3/h6-15,17-18,27H,4-5,16,19-21H2,1-3H3,(H,32,35)/t27-/m1/s1. The Bertz CT molecular complexity index is 1150. The largest absolute Gasteiger partial charge is 0.483 e. The summed E-state index contributed by atoms with van der Waals surface area (Å²) < 4.78 is 6.89. The number of ether oxygens (including phenoxy) is 1. The maximum atomic E-state index is 13.7. The first-order valence-electron chi connectivity index (χ1n) is 12.4. The average molecular weight is 552 g/mol. The molecule has 3 aromatic carbocycles. The molecule has 3 rings (SSSR count). The van der Waals surface area contributed by atoms with Crippen LogP contribution < -0.4 is 10.1 Å². The van der Waals surface area contributed by atoms with Gasteiger partial charge in [-0.15, -0.1) is 0 Å². The topological polar surface area (TPSA) is 58.6 Å². The Morgan fingerprint density at radius 1 is 0.972 bits per heavy atom. The molecule has 0 heterocycles. The van der Waals surface area contributed by atoms with Crippen molar-refractivity contribution in [1.82, 2.24) is 10.2 Å². The minimum Gasteiger partial charge on any atom is -0.483 e. The van der Waals surface area contributed by atoms with Gasteiger partial charge in [-0.1, -0.05) is 83.9 Å². The Hall–Kier alpha value is -3.12. The molecule has 5 nitrogen and oxygen atoms in total. The summed E-state index contributed by atoms with van der Waals surface area (Å²) in [6.07, 6.45) is 2.29. The highest BCUT2D eigenvalue weighted by Gasteiger charge is 2.30. The predicted molar refractivity (Wildman–Crippen MR) is 148 cm³/mol. The second-order valence-electron chi connectivity index (χ2n) is 9.06. The number of nitrogens with zero attached hydrogens (tertiary/aromatic N) is 1. The van der Waals surface area contributed by atoms with Crippen molar-refractivity contribution in [3.63, 3.8) is 0 Å². The van der Waals surface area contributed by atoms with Crippen LogP contribution in [0.25, 0.3) is 0 Å². The second-order valence-corrected chi connectivity index (χ2v) is 9.97. The van der Waals surface area contributed by atoms with Gasteiger partial charge in [0, 0.05) is 24.0 Å². The lowest BCUT2D eigenvalue weighted by atomic mass is 10.0. The molecule has 0 saturated carbocycles. The molecule has 3 aromatic rings. The molecule has 0 spiro atoms. The van der Waals surface area contributed by atoms with E-state index in [0.29, 0.717) is 25.3 Å². The van der Waals surface area contributed by atoms with Crippen LogP contribution in [0.1, 0.15) is 42.0 Å². The minimum absolute atomic E-state index is 0.147. The van der Waals surface area contributed by atoms with E-state index in [1.165, 1.54) is 0 Å². The van der Waals surface area contributed by atoms with Crippen molar-refractivity contribution in [3.8, 4) is 5.75 Å². The fourth-order valence-corrected chi connectivity index (χ4v) is 4.42. The van der Waals surface area contributed by atoms with E-state index >= 15 is 0 Å². The van der Waals surface area contributed by atoms with Crippen LogP contribution in [-0.2, 0) is 22.6 Å². The molecule has 0 bridgehead atoms. The van der Waals surface area contributed by atoms with Gasteiger partial charge in [0.1, 0.15) is 11.8 Å². The fourth-order valence-electron chi connectivity index (χ4n) is 3.98. The lowest BCUT2D eigenvalue weighted by molar-refractivity contribution is -0.142. The van der Waals surface area contributed by atoms with E-state index in [1.54, 1.807) is 4.90 Å². The third-order valence-corrected chi connectivity index (χ3v) is 6.53. The smallest absolute Gasteiger partial charge is 0.261 e. The van der Waals surface area contributed by atoms with Crippen LogP contribution in [0.4, 0.5) is 0 Å². The Labute approximate surface area is 223 Å². The van der Waals surface area contributed by atoms with E-state index in [2.05, 4.69) is 28.2 Å². The quantitative estimate of drug-likeness (QED) is 0.281. The molecule has 36 heavy (non-hydrogen) atoms. The maximum absolute atomic E-state index is 13.7. The first kappa shape index (κ1) is 27.5. The van der Waals surface area contributed by atoms with Crippen LogP contribution in [0.2, 0.25) is 0 Å². The van der Waals surface area contributed by atoms with Gasteiger partial charge in [0.05, 0.1) is 0 Å². The fraction of sp³-hybridized carbons (Fsp3) is 0.333. The van der Waals surface area contributed by atoms with Gasteiger partial charge in [0.2, 0.25) is 5.91 Å². The van der Waals surface area contributed by atoms with Crippen LogP contribution >= 0.6 is 15.9 Å². The first-order valence-corrected chi connectivity index (χ1v) is 13.2. The summed E-state index contributed by atoms with van der Waals surface area (Å²) in [7, 11) is 0. The number of hydrogen-bond donors (Lipinski definition) is 1. The number of amides is 2. The van der Waals surface area contributed by atoms with Gasteiger partial charge in [-0.3, -0.25) is 9.59 Å². The van der Waals surface area contributed by atoms with Crippen molar-refractivity contribution >= 4 is 27.7 Å². The normalized spacial score (nSPS) is 11.6. The molecule has 0 aliphatic rings. The van der Waals surface area contributed by atoms with Crippen LogP contribution in [0.15, 0.2) is 77.3 Å². The Morgan fingerprint density at radius 3 is 2.44 bits per heavy atom. The summed E-state index contributed by atoms with van der Waals surface area (Å²) in [5.41, 5.74) is 3.95. The molecule has 1 atom stereocenters. The van der Waals surface area contributed by atoms with Crippen molar-refractivity contribution in [1.29, 1.82) is 0 Å². The first-order chi connectivity index (χ1) is 17.4. The van der Waals surface area contributed by atoms with Crippen molar-refractivity contribution in [2.75, 3.05) is 13.2 Å². The number of unbranched alkanes of at least 4 members (excludes halogenated alkanes) is 1. The van der Waals surface area contributed by atoms with E-state index in [9.17, 15) is 9.59 Å². The molecule has 0 unspecified atom stereocenters. The van der Waals surface area contributed by atoms with Crippen LogP contribution in [0.3, 0.4) is 0 Å². The van der Waals surface area contributed by atoms with Gasteiger partial charge >= 0.3 is 0 Å². The molecule has 1 N–H and O–H groups in total. The average Bonchev–Trinajstić information content (AvgIpc) is 2.87. The second kappa shape index (κ2) is 13.8. The maximum Gasteiger partial charge on any atom is 0.261 e. The summed E-state index contributed by atoms with van der Waals surface area (Å²) in [6.45, 7) is 6.76. The summed E-state index contributed by atoms with van der Waals surface area (Å²) in [6, 6.07) is 22.9. The number of benzene rings is 3. The van der Waals surface area contributed by atoms with Gasteiger partial charge in [0.15, 0.2) is 6.61 Å². The zero-order valence-corrected chi connectivity index (χ0v) is 22.9. The Balaban J connectivity index is 1.90.